The quantitative estimate of drug-likeness (QED) is 0.631. The van der Waals surface area contributed by atoms with Gasteiger partial charge in [-0.25, -0.2) is 9.97 Å². The van der Waals surface area contributed by atoms with Gasteiger partial charge in [0, 0.05) is 18.9 Å². The predicted molar refractivity (Wildman–Crippen MR) is 71.8 cm³/mol. The van der Waals surface area contributed by atoms with Gasteiger partial charge in [0.15, 0.2) is 10.8 Å². The van der Waals surface area contributed by atoms with Crippen LogP contribution in [0, 0.1) is 0 Å². The molecular weight excluding hydrogens is 234 g/mol. The lowest BCUT2D eigenvalue weighted by Gasteiger charge is -2.08. The summed E-state index contributed by atoms with van der Waals surface area (Å²) in [6.07, 6.45) is 4.97. The van der Waals surface area contributed by atoms with E-state index in [1.165, 1.54) is 0 Å². The average Bonchev–Trinajstić information content (AvgIpc) is 2.36. The third-order valence-corrected chi connectivity index (χ3v) is 2.23. The van der Waals surface area contributed by atoms with E-state index >= 15 is 0 Å². The minimum Gasteiger partial charge on any atom is -0.359 e. The average molecular weight is 245 g/mol. The van der Waals surface area contributed by atoms with Gasteiger partial charge in [-0.3, -0.25) is 4.98 Å². The highest BCUT2D eigenvalue weighted by atomic mass is 32.1. The molecule has 2 aromatic rings. The molecule has 2 heterocycles. The summed E-state index contributed by atoms with van der Waals surface area (Å²) in [5.74, 6) is 0.638. The van der Waals surface area contributed by atoms with Crippen LogP contribution in [0.5, 0.6) is 0 Å². The normalized spacial score (nSPS) is 9.88. The van der Waals surface area contributed by atoms with E-state index < -0.39 is 0 Å². The van der Waals surface area contributed by atoms with Crippen LogP contribution >= 0.6 is 12.2 Å². The molecule has 0 amide bonds. The second kappa shape index (κ2) is 5.31. The minimum absolute atomic E-state index is 0.501. The first-order valence-electron chi connectivity index (χ1n) is 5.03. The van der Waals surface area contributed by atoms with E-state index in [4.69, 9.17) is 12.2 Å². The molecule has 0 aromatic carbocycles. The van der Waals surface area contributed by atoms with Gasteiger partial charge in [0.25, 0.3) is 0 Å². The van der Waals surface area contributed by atoms with E-state index in [9.17, 15) is 0 Å². The van der Waals surface area contributed by atoms with Crippen molar-refractivity contribution in [1.29, 1.82) is 0 Å². The summed E-state index contributed by atoms with van der Waals surface area (Å²) < 4.78 is 0. The molecule has 17 heavy (non-hydrogen) atoms. The third kappa shape index (κ3) is 2.94. The molecule has 0 aliphatic heterocycles. The van der Waals surface area contributed by atoms with Crippen LogP contribution in [0.4, 0.5) is 5.82 Å². The van der Waals surface area contributed by atoms with Crippen LogP contribution in [0.1, 0.15) is 0 Å². The fourth-order valence-corrected chi connectivity index (χ4v) is 1.44. The van der Waals surface area contributed by atoms with Gasteiger partial charge in [0.2, 0.25) is 0 Å². The number of nitrogens with zero attached hydrogens (tertiary/aromatic N) is 3. The Morgan fingerprint density at radius 1 is 1.35 bits per heavy atom. The van der Waals surface area contributed by atoms with Gasteiger partial charge in [-0.15, -0.1) is 6.58 Å². The predicted octanol–water partition coefficient (Wildman–Crippen LogP) is 1.50. The van der Waals surface area contributed by atoms with Gasteiger partial charge in [-0.2, -0.15) is 0 Å². The molecule has 2 rings (SSSR count). The van der Waals surface area contributed by atoms with Crippen molar-refractivity contribution in [3.8, 4) is 0 Å². The molecule has 0 saturated carbocycles. The van der Waals surface area contributed by atoms with Gasteiger partial charge in [-0.1, -0.05) is 6.08 Å². The van der Waals surface area contributed by atoms with Crippen molar-refractivity contribution in [2.75, 3.05) is 11.9 Å². The summed E-state index contributed by atoms with van der Waals surface area (Å²) in [6.45, 7) is 4.21. The van der Waals surface area contributed by atoms with Crippen LogP contribution in [0.3, 0.4) is 0 Å². The number of aromatic nitrogens is 3. The van der Waals surface area contributed by atoms with Crippen LogP contribution in [0.15, 0.2) is 37.2 Å². The van der Waals surface area contributed by atoms with Gasteiger partial charge in [-0.05, 0) is 24.4 Å². The van der Waals surface area contributed by atoms with E-state index in [0.29, 0.717) is 23.1 Å². The Morgan fingerprint density at radius 3 is 3.00 bits per heavy atom. The molecule has 5 nitrogen and oxygen atoms in total. The van der Waals surface area contributed by atoms with Crippen molar-refractivity contribution in [3.05, 3.63) is 37.2 Å². The second-order valence-corrected chi connectivity index (χ2v) is 3.63. The second-order valence-electron chi connectivity index (χ2n) is 3.22. The third-order valence-electron chi connectivity index (χ3n) is 1.98. The molecule has 0 aliphatic carbocycles. The SMILES string of the molecule is C=CCNC(=S)Nc1ccc2nccnc2n1. The Labute approximate surface area is 104 Å². The van der Waals surface area contributed by atoms with Crippen LogP contribution in [-0.4, -0.2) is 26.6 Å². The van der Waals surface area contributed by atoms with Crippen LogP contribution in [-0.2, 0) is 0 Å². The molecule has 0 unspecified atom stereocenters. The maximum Gasteiger partial charge on any atom is 0.180 e. The number of pyridine rings is 1. The largest absolute Gasteiger partial charge is 0.359 e. The highest BCUT2D eigenvalue weighted by molar-refractivity contribution is 7.80. The van der Waals surface area contributed by atoms with Gasteiger partial charge >= 0.3 is 0 Å². The Balaban J connectivity index is 2.13. The highest BCUT2D eigenvalue weighted by Gasteiger charge is 2.01. The van der Waals surface area contributed by atoms with Gasteiger partial charge in [0.1, 0.15) is 11.3 Å². The number of thiocarbonyl (C=S) groups is 1. The summed E-state index contributed by atoms with van der Waals surface area (Å²) in [5.41, 5.74) is 1.34. The molecule has 0 spiro atoms. The zero-order valence-corrected chi connectivity index (χ0v) is 9.87. The zero-order chi connectivity index (χ0) is 12.1. The summed E-state index contributed by atoms with van der Waals surface area (Å²) in [5, 5.41) is 6.42. The Kier molecular flexibility index (Phi) is 3.56. The number of hydrogen-bond donors (Lipinski definition) is 2. The van der Waals surface area contributed by atoms with Crippen molar-refractivity contribution < 1.29 is 0 Å². The molecule has 0 aliphatic rings. The number of nitrogens with one attached hydrogen (secondary N) is 2. The summed E-state index contributed by atoms with van der Waals surface area (Å²) in [7, 11) is 0. The first-order chi connectivity index (χ1) is 8.29. The number of hydrogen-bond acceptors (Lipinski definition) is 4. The molecule has 86 valence electrons. The van der Waals surface area contributed by atoms with Crippen LogP contribution in [0.25, 0.3) is 11.2 Å². The fraction of sp³-hybridized carbons (Fsp3) is 0.0909. The highest BCUT2D eigenvalue weighted by Crippen LogP contribution is 2.09. The van der Waals surface area contributed by atoms with E-state index in [2.05, 4.69) is 32.2 Å². The first-order valence-corrected chi connectivity index (χ1v) is 5.44. The van der Waals surface area contributed by atoms with E-state index in [1.807, 2.05) is 6.07 Å². The standard InChI is InChI=1S/C11H11N5S/c1-2-5-14-11(17)16-9-4-3-8-10(15-9)13-7-6-12-8/h2-4,6-7H,1,5H2,(H2,13,14,15,16,17). The lowest BCUT2D eigenvalue weighted by molar-refractivity contribution is 1.06. The Morgan fingerprint density at radius 2 is 2.18 bits per heavy atom. The lowest BCUT2D eigenvalue weighted by Crippen LogP contribution is -2.28. The number of anilines is 1. The molecule has 2 aromatic heterocycles. The van der Waals surface area contributed by atoms with Crippen molar-refractivity contribution in [2.24, 2.45) is 0 Å². The minimum atomic E-state index is 0.501. The number of fused-ring (bicyclic) bond motifs is 1. The van der Waals surface area contributed by atoms with Crippen molar-refractivity contribution in [2.45, 2.75) is 0 Å². The monoisotopic (exact) mass is 245 g/mol. The maximum atomic E-state index is 5.08. The van der Waals surface area contributed by atoms with Crippen molar-refractivity contribution in [3.63, 3.8) is 0 Å². The zero-order valence-electron chi connectivity index (χ0n) is 9.05. The van der Waals surface area contributed by atoms with Crippen LogP contribution < -0.4 is 10.6 Å². The maximum absolute atomic E-state index is 5.08. The molecule has 2 N–H and O–H groups in total. The fourth-order valence-electron chi connectivity index (χ4n) is 1.25. The van der Waals surface area contributed by atoms with Gasteiger partial charge in [0.05, 0.1) is 0 Å². The van der Waals surface area contributed by atoms with E-state index in [1.54, 1.807) is 24.5 Å². The summed E-state index contributed by atoms with van der Waals surface area (Å²) in [6, 6.07) is 3.65. The summed E-state index contributed by atoms with van der Waals surface area (Å²) in [4.78, 5) is 12.5. The number of rotatable bonds is 3. The molecule has 0 atom stereocenters. The van der Waals surface area contributed by atoms with Crippen molar-refractivity contribution in [1.82, 2.24) is 20.3 Å². The lowest BCUT2D eigenvalue weighted by atomic mass is 10.4. The first kappa shape index (κ1) is 11.4. The van der Waals surface area contributed by atoms with E-state index in [0.717, 1.165) is 5.52 Å². The molecule has 0 radical (unpaired) electrons. The molecule has 0 bridgehead atoms. The van der Waals surface area contributed by atoms with Crippen LogP contribution in [0.2, 0.25) is 0 Å². The topological polar surface area (TPSA) is 62.7 Å². The summed E-state index contributed by atoms with van der Waals surface area (Å²) >= 11 is 5.08. The molecule has 0 saturated heterocycles. The van der Waals surface area contributed by atoms with Gasteiger partial charge < -0.3 is 10.6 Å². The Hall–Kier alpha value is -2.08. The van der Waals surface area contributed by atoms with Crippen molar-refractivity contribution >= 4 is 34.3 Å². The molecular formula is C11H11N5S. The smallest absolute Gasteiger partial charge is 0.180 e. The molecule has 0 fully saturated rings. The molecule has 6 heteroatoms. The van der Waals surface area contributed by atoms with E-state index in [-0.39, 0.29) is 0 Å². The Bertz CT molecular complexity index is 554.